The van der Waals surface area contributed by atoms with Gasteiger partial charge in [0.15, 0.2) is 0 Å². The first-order valence-corrected chi connectivity index (χ1v) is 4.43. The van der Waals surface area contributed by atoms with E-state index < -0.39 is 0 Å². The van der Waals surface area contributed by atoms with Gasteiger partial charge in [0, 0.05) is 19.3 Å². The quantitative estimate of drug-likeness (QED) is 0.788. The zero-order chi connectivity index (χ0) is 9.30. The van der Waals surface area contributed by atoms with Gasteiger partial charge in [-0.2, -0.15) is 0 Å². The Morgan fingerprint density at radius 3 is 2.67 bits per heavy atom. The van der Waals surface area contributed by atoms with Gasteiger partial charge in [-0.15, -0.1) is 0 Å². The average molecular weight is 231 g/mol. The van der Waals surface area contributed by atoms with Gasteiger partial charge in [0.1, 0.15) is 0 Å². The van der Waals surface area contributed by atoms with Crippen LogP contribution in [0.15, 0.2) is 21.5 Å². The van der Waals surface area contributed by atoms with Crippen LogP contribution >= 0.6 is 15.9 Å². The molecule has 0 spiro atoms. The van der Waals surface area contributed by atoms with Crippen molar-refractivity contribution in [3.8, 4) is 0 Å². The zero-order valence-corrected chi connectivity index (χ0v) is 8.63. The van der Waals surface area contributed by atoms with Crippen molar-refractivity contribution in [3.05, 3.63) is 32.7 Å². The molecule has 3 nitrogen and oxygen atoms in total. The number of nitrogens with zero attached hydrogens (tertiary/aromatic N) is 1. The number of pyridine rings is 1. The van der Waals surface area contributed by atoms with Crippen molar-refractivity contribution in [1.29, 1.82) is 0 Å². The van der Waals surface area contributed by atoms with Gasteiger partial charge in [-0.3, -0.25) is 4.79 Å². The molecule has 66 valence electrons. The van der Waals surface area contributed by atoms with E-state index in [1.54, 1.807) is 19.3 Å². The van der Waals surface area contributed by atoms with E-state index in [4.69, 9.17) is 5.73 Å². The van der Waals surface area contributed by atoms with E-state index in [-0.39, 0.29) is 11.6 Å². The van der Waals surface area contributed by atoms with E-state index in [0.29, 0.717) is 4.47 Å². The molecule has 12 heavy (non-hydrogen) atoms. The molecule has 0 bridgehead atoms. The van der Waals surface area contributed by atoms with Crippen LogP contribution in [0.25, 0.3) is 0 Å². The van der Waals surface area contributed by atoms with Gasteiger partial charge in [0.05, 0.1) is 4.47 Å². The molecule has 1 rings (SSSR count). The topological polar surface area (TPSA) is 48.0 Å². The second-order valence-electron chi connectivity index (χ2n) is 2.83. The Kier molecular flexibility index (Phi) is 2.69. The fourth-order valence-electron chi connectivity index (χ4n) is 0.945. The number of halogens is 1. The van der Waals surface area contributed by atoms with Crippen molar-refractivity contribution in [2.24, 2.45) is 12.8 Å². The summed E-state index contributed by atoms with van der Waals surface area (Å²) < 4.78 is 2.07. The van der Waals surface area contributed by atoms with Gasteiger partial charge in [0.2, 0.25) is 0 Å². The number of nitrogens with two attached hydrogens (primary N) is 1. The van der Waals surface area contributed by atoms with Gasteiger partial charge in [-0.25, -0.2) is 0 Å². The van der Waals surface area contributed by atoms with E-state index in [2.05, 4.69) is 15.9 Å². The lowest BCUT2D eigenvalue weighted by Gasteiger charge is -2.07. The molecule has 1 unspecified atom stereocenters. The van der Waals surface area contributed by atoms with Crippen molar-refractivity contribution < 1.29 is 0 Å². The SMILES string of the molecule is CC(N)c1cc(Br)c(=O)n(C)c1. The highest BCUT2D eigenvalue weighted by molar-refractivity contribution is 9.10. The van der Waals surface area contributed by atoms with Crippen LogP contribution in [-0.2, 0) is 7.05 Å². The number of aryl methyl sites for hydroxylation is 1. The summed E-state index contributed by atoms with van der Waals surface area (Å²) >= 11 is 3.18. The van der Waals surface area contributed by atoms with Crippen LogP contribution in [0.3, 0.4) is 0 Å². The molecule has 1 heterocycles. The first kappa shape index (κ1) is 9.48. The molecule has 4 heteroatoms. The molecule has 0 amide bonds. The fourth-order valence-corrected chi connectivity index (χ4v) is 1.49. The van der Waals surface area contributed by atoms with Crippen LogP contribution in [0.1, 0.15) is 18.5 Å². The number of rotatable bonds is 1. The molecule has 0 saturated carbocycles. The van der Waals surface area contributed by atoms with Crippen molar-refractivity contribution in [2.45, 2.75) is 13.0 Å². The molecule has 1 atom stereocenters. The highest BCUT2D eigenvalue weighted by Crippen LogP contribution is 2.11. The predicted octanol–water partition coefficient (Wildman–Crippen LogP) is 1.17. The average Bonchev–Trinajstić information content (AvgIpc) is 1.99. The minimum atomic E-state index is -0.0481. The first-order chi connectivity index (χ1) is 5.52. The summed E-state index contributed by atoms with van der Waals surface area (Å²) in [6.45, 7) is 1.88. The van der Waals surface area contributed by atoms with E-state index in [0.717, 1.165) is 5.56 Å². The number of hydrogen-bond donors (Lipinski definition) is 1. The molecular formula is C8H11BrN2O. The lowest BCUT2D eigenvalue weighted by atomic mass is 10.1. The molecule has 0 fully saturated rings. The Labute approximate surface area is 79.3 Å². The monoisotopic (exact) mass is 230 g/mol. The summed E-state index contributed by atoms with van der Waals surface area (Å²) in [5.41, 5.74) is 6.57. The minimum absolute atomic E-state index is 0.0422. The Morgan fingerprint density at radius 1 is 1.67 bits per heavy atom. The summed E-state index contributed by atoms with van der Waals surface area (Å²) in [5.74, 6) is 0. The largest absolute Gasteiger partial charge is 0.324 e. The molecule has 1 aromatic rings. The predicted molar refractivity (Wildman–Crippen MR) is 52.0 cm³/mol. The van der Waals surface area contributed by atoms with E-state index >= 15 is 0 Å². The van der Waals surface area contributed by atoms with Crippen LogP contribution in [0.4, 0.5) is 0 Å². The lowest BCUT2D eigenvalue weighted by Crippen LogP contribution is -2.19. The van der Waals surface area contributed by atoms with E-state index in [9.17, 15) is 4.79 Å². The molecule has 2 N–H and O–H groups in total. The minimum Gasteiger partial charge on any atom is -0.324 e. The first-order valence-electron chi connectivity index (χ1n) is 3.64. The van der Waals surface area contributed by atoms with Gasteiger partial charge in [-0.05, 0) is 34.5 Å². The second-order valence-corrected chi connectivity index (χ2v) is 3.68. The summed E-state index contributed by atoms with van der Waals surface area (Å²) in [5, 5.41) is 0. The smallest absolute Gasteiger partial charge is 0.264 e. The van der Waals surface area contributed by atoms with Crippen molar-refractivity contribution >= 4 is 15.9 Å². The number of hydrogen-bond acceptors (Lipinski definition) is 2. The standard InChI is InChI=1S/C8H11BrN2O/c1-5(10)6-3-7(9)8(12)11(2)4-6/h3-5H,10H2,1-2H3. The molecule has 0 aliphatic carbocycles. The maximum atomic E-state index is 11.2. The third-order valence-corrected chi connectivity index (χ3v) is 2.25. The van der Waals surface area contributed by atoms with E-state index in [1.807, 2.05) is 6.92 Å². The summed E-state index contributed by atoms with van der Waals surface area (Å²) in [6, 6.07) is 1.71. The van der Waals surface area contributed by atoms with Crippen molar-refractivity contribution in [2.75, 3.05) is 0 Å². The third kappa shape index (κ3) is 1.76. The van der Waals surface area contributed by atoms with Gasteiger partial charge >= 0.3 is 0 Å². The van der Waals surface area contributed by atoms with Crippen LogP contribution in [0.2, 0.25) is 0 Å². The van der Waals surface area contributed by atoms with Gasteiger partial charge < -0.3 is 10.3 Å². The van der Waals surface area contributed by atoms with Crippen molar-refractivity contribution in [1.82, 2.24) is 4.57 Å². The van der Waals surface area contributed by atoms with Crippen molar-refractivity contribution in [3.63, 3.8) is 0 Å². The van der Waals surface area contributed by atoms with Crippen LogP contribution in [0, 0.1) is 0 Å². The molecule has 0 aliphatic heterocycles. The normalized spacial score (nSPS) is 13.0. The van der Waals surface area contributed by atoms with Crippen LogP contribution in [0.5, 0.6) is 0 Å². The van der Waals surface area contributed by atoms with Gasteiger partial charge in [-0.1, -0.05) is 0 Å². The Bertz CT molecular complexity index is 317. The van der Waals surface area contributed by atoms with Crippen LogP contribution in [-0.4, -0.2) is 4.57 Å². The summed E-state index contributed by atoms with van der Waals surface area (Å²) in [6.07, 6.45) is 1.75. The third-order valence-electron chi connectivity index (χ3n) is 1.69. The summed E-state index contributed by atoms with van der Waals surface area (Å²) in [4.78, 5) is 11.2. The molecular weight excluding hydrogens is 220 g/mol. The van der Waals surface area contributed by atoms with Gasteiger partial charge in [0.25, 0.3) is 5.56 Å². The van der Waals surface area contributed by atoms with E-state index in [1.165, 1.54) is 4.57 Å². The molecule has 0 radical (unpaired) electrons. The fraction of sp³-hybridized carbons (Fsp3) is 0.375. The Morgan fingerprint density at radius 2 is 2.25 bits per heavy atom. The maximum Gasteiger partial charge on any atom is 0.264 e. The summed E-state index contributed by atoms with van der Waals surface area (Å²) in [7, 11) is 1.71. The Balaban J connectivity index is 3.31. The number of aromatic nitrogens is 1. The maximum absolute atomic E-state index is 11.2. The lowest BCUT2D eigenvalue weighted by molar-refractivity contribution is 0.766. The highest BCUT2D eigenvalue weighted by Gasteiger charge is 2.04. The zero-order valence-electron chi connectivity index (χ0n) is 7.04. The Hall–Kier alpha value is -0.610. The molecule has 1 aromatic heterocycles. The molecule has 0 aliphatic rings. The second kappa shape index (κ2) is 3.41. The molecule has 0 aromatic carbocycles. The highest BCUT2D eigenvalue weighted by atomic mass is 79.9. The molecule has 0 saturated heterocycles. The van der Waals surface area contributed by atoms with Crippen LogP contribution < -0.4 is 11.3 Å².